The van der Waals surface area contributed by atoms with E-state index < -0.39 is 5.91 Å². The fourth-order valence-electron chi connectivity index (χ4n) is 2.29. The monoisotopic (exact) mass is 348 g/mol. The van der Waals surface area contributed by atoms with E-state index in [2.05, 4.69) is 10.5 Å². The van der Waals surface area contributed by atoms with Crippen LogP contribution in [0.1, 0.15) is 5.69 Å². The second-order valence-corrected chi connectivity index (χ2v) is 6.53. The molecule has 0 bridgehead atoms. The number of carbonyl (C=O) groups excluding carboxylic acids is 2. The van der Waals surface area contributed by atoms with Crippen LogP contribution in [0.5, 0.6) is 0 Å². The highest BCUT2D eigenvalue weighted by atomic mass is 32.2. The van der Waals surface area contributed by atoms with Gasteiger partial charge in [0.15, 0.2) is 4.32 Å². The highest BCUT2D eigenvalue weighted by molar-refractivity contribution is 8.23. The minimum atomic E-state index is -0.417. The summed E-state index contributed by atoms with van der Waals surface area (Å²) >= 11 is 6.21. The Morgan fingerprint density at radius 1 is 1.35 bits per heavy atom. The number of amides is 2. The third kappa shape index (κ3) is 2.97. The first kappa shape index (κ1) is 15.6. The molecule has 118 valence electrons. The van der Waals surface area contributed by atoms with E-state index in [0.29, 0.717) is 20.8 Å². The van der Waals surface area contributed by atoms with Gasteiger partial charge >= 0.3 is 0 Å². The summed E-state index contributed by atoms with van der Waals surface area (Å²) in [6.07, 6.45) is -0.0638. The summed E-state index contributed by atoms with van der Waals surface area (Å²) in [6.45, 7) is 0. The lowest BCUT2D eigenvalue weighted by molar-refractivity contribution is -0.133. The molecule has 1 N–H and O–H groups in total. The van der Waals surface area contributed by atoms with Gasteiger partial charge in [0, 0.05) is 12.4 Å². The van der Waals surface area contributed by atoms with E-state index in [1.807, 2.05) is 0 Å². The number of hydrogen-bond acceptors (Lipinski definition) is 6. The van der Waals surface area contributed by atoms with Gasteiger partial charge in [-0.1, -0.05) is 42.2 Å². The Kier molecular flexibility index (Phi) is 4.14. The Morgan fingerprint density at radius 2 is 2.04 bits per heavy atom. The molecule has 0 spiro atoms. The van der Waals surface area contributed by atoms with E-state index >= 15 is 0 Å². The maximum absolute atomic E-state index is 12.2. The Morgan fingerprint density at radius 3 is 2.70 bits per heavy atom. The maximum Gasteiger partial charge on any atom is 0.274 e. The quantitative estimate of drug-likeness (QED) is 0.807. The fourth-order valence-corrected chi connectivity index (χ4v) is 3.26. The van der Waals surface area contributed by atoms with E-state index in [0.717, 1.165) is 5.01 Å². The van der Waals surface area contributed by atoms with Gasteiger partial charge in [0.05, 0.1) is 23.3 Å². The molecule has 0 saturated carbocycles. The Labute approximate surface area is 140 Å². The average molecular weight is 348 g/mol. The summed E-state index contributed by atoms with van der Waals surface area (Å²) in [5, 5.41) is 6.35. The number of hydrogen-bond donors (Lipinski definition) is 1. The van der Waals surface area contributed by atoms with Crippen LogP contribution in [0.3, 0.4) is 0 Å². The molecular weight excluding hydrogens is 336 g/mol. The predicted octanol–water partition coefficient (Wildman–Crippen LogP) is 0.368. The maximum atomic E-state index is 12.2. The molecule has 2 amide bonds. The van der Waals surface area contributed by atoms with E-state index in [9.17, 15) is 14.4 Å². The first-order chi connectivity index (χ1) is 11.0. The number of thioether (sulfide) groups is 1. The number of carbonyl (C=O) groups is 2. The zero-order valence-corrected chi connectivity index (χ0v) is 13.7. The van der Waals surface area contributed by atoms with Gasteiger partial charge in [-0.15, -0.1) is 0 Å². The highest BCUT2D eigenvalue weighted by Crippen LogP contribution is 2.17. The second kappa shape index (κ2) is 6.09. The number of nitrogens with one attached hydrogen (secondary N) is 1. The van der Waals surface area contributed by atoms with Crippen LogP contribution in [0.15, 0.2) is 29.1 Å². The number of hydrazine groups is 1. The van der Waals surface area contributed by atoms with Gasteiger partial charge in [-0.05, 0) is 6.07 Å². The predicted molar refractivity (Wildman–Crippen MR) is 90.7 cm³/mol. The van der Waals surface area contributed by atoms with Gasteiger partial charge in [0.2, 0.25) is 5.91 Å². The van der Waals surface area contributed by atoms with Crippen molar-refractivity contribution in [2.45, 2.75) is 6.42 Å². The fraction of sp³-hybridized carbons (Fsp3) is 0.214. The molecule has 2 heterocycles. The molecule has 23 heavy (non-hydrogen) atoms. The zero-order chi connectivity index (χ0) is 16.6. The molecule has 1 aromatic carbocycles. The molecule has 0 atom stereocenters. The van der Waals surface area contributed by atoms with Crippen LogP contribution in [0.25, 0.3) is 10.8 Å². The second-order valence-electron chi connectivity index (χ2n) is 4.92. The van der Waals surface area contributed by atoms with Crippen molar-refractivity contribution in [1.82, 2.24) is 20.2 Å². The van der Waals surface area contributed by atoms with Crippen molar-refractivity contribution in [2.24, 2.45) is 7.05 Å². The van der Waals surface area contributed by atoms with Crippen LogP contribution in [0, 0.1) is 0 Å². The lowest BCUT2D eigenvalue weighted by Crippen LogP contribution is -2.45. The Hall–Kier alpha value is -2.26. The normalized spacial score (nSPS) is 14.6. The first-order valence-corrected chi connectivity index (χ1v) is 8.11. The molecule has 7 nitrogen and oxygen atoms in total. The van der Waals surface area contributed by atoms with Crippen molar-refractivity contribution in [3.8, 4) is 0 Å². The molecule has 0 aliphatic carbocycles. The summed E-state index contributed by atoms with van der Waals surface area (Å²) < 4.78 is 1.52. The molecule has 1 aliphatic heterocycles. The van der Waals surface area contributed by atoms with Crippen LogP contribution in [0.2, 0.25) is 0 Å². The standard InChI is InChI=1S/C14H12N4O3S2/c1-17-13(21)9-5-3-2-4-8(9)10(15-17)6-11(19)16-18-12(20)7-23-14(18)22/h2-5H,6-7H2,1H3,(H,16,19). The van der Waals surface area contributed by atoms with Crippen LogP contribution < -0.4 is 11.0 Å². The van der Waals surface area contributed by atoms with Gasteiger partial charge in [0.25, 0.3) is 11.5 Å². The number of benzene rings is 1. The molecule has 1 fully saturated rings. The van der Waals surface area contributed by atoms with Crippen LogP contribution in [-0.4, -0.2) is 36.7 Å². The summed E-state index contributed by atoms with van der Waals surface area (Å²) in [5.74, 6) is -0.453. The number of rotatable bonds is 3. The number of aryl methyl sites for hydroxylation is 1. The number of aromatic nitrogens is 2. The van der Waals surface area contributed by atoms with E-state index in [-0.39, 0.29) is 23.6 Å². The minimum absolute atomic E-state index is 0.0638. The SMILES string of the molecule is Cn1nc(CC(=O)NN2C(=O)CSC2=S)c2ccccc2c1=O. The lowest BCUT2D eigenvalue weighted by Gasteiger charge is -2.16. The van der Waals surface area contributed by atoms with Crippen molar-refractivity contribution in [1.29, 1.82) is 0 Å². The van der Waals surface area contributed by atoms with Crippen LogP contribution in [-0.2, 0) is 23.1 Å². The summed E-state index contributed by atoms with van der Waals surface area (Å²) in [5.41, 5.74) is 2.72. The molecule has 3 rings (SSSR count). The number of fused-ring (bicyclic) bond motifs is 1. The van der Waals surface area contributed by atoms with Gasteiger partial charge in [-0.3, -0.25) is 19.8 Å². The van der Waals surface area contributed by atoms with Crippen LogP contribution in [0.4, 0.5) is 0 Å². The molecule has 1 aliphatic rings. The molecular formula is C14H12N4O3S2. The summed E-state index contributed by atoms with van der Waals surface area (Å²) in [7, 11) is 1.53. The van der Waals surface area contributed by atoms with Crippen molar-refractivity contribution in [2.75, 3.05) is 5.75 Å². The Balaban J connectivity index is 1.88. The van der Waals surface area contributed by atoms with Crippen LogP contribution >= 0.6 is 24.0 Å². The minimum Gasteiger partial charge on any atom is -0.273 e. The van der Waals surface area contributed by atoms with Crippen molar-refractivity contribution < 1.29 is 9.59 Å². The molecule has 1 saturated heterocycles. The van der Waals surface area contributed by atoms with E-state index in [1.54, 1.807) is 24.3 Å². The highest BCUT2D eigenvalue weighted by Gasteiger charge is 2.28. The van der Waals surface area contributed by atoms with Gasteiger partial charge in [-0.2, -0.15) is 5.10 Å². The van der Waals surface area contributed by atoms with Gasteiger partial charge < -0.3 is 0 Å². The third-order valence-corrected chi connectivity index (χ3v) is 4.71. The van der Waals surface area contributed by atoms with E-state index in [4.69, 9.17) is 12.2 Å². The first-order valence-electron chi connectivity index (χ1n) is 6.71. The average Bonchev–Trinajstić information content (AvgIpc) is 2.84. The topological polar surface area (TPSA) is 84.3 Å². The lowest BCUT2D eigenvalue weighted by atomic mass is 10.1. The van der Waals surface area contributed by atoms with Gasteiger partial charge in [-0.25, -0.2) is 9.69 Å². The molecule has 0 radical (unpaired) electrons. The van der Waals surface area contributed by atoms with E-state index in [1.165, 1.54) is 23.5 Å². The molecule has 2 aromatic rings. The zero-order valence-electron chi connectivity index (χ0n) is 12.1. The number of nitrogens with zero attached hydrogens (tertiary/aromatic N) is 3. The summed E-state index contributed by atoms with van der Waals surface area (Å²) in [4.78, 5) is 35.9. The third-order valence-electron chi connectivity index (χ3n) is 3.35. The van der Waals surface area contributed by atoms with Gasteiger partial charge in [0.1, 0.15) is 0 Å². The molecule has 0 unspecified atom stereocenters. The van der Waals surface area contributed by atoms with Crippen molar-refractivity contribution >= 4 is 50.9 Å². The summed E-state index contributed by atoms with van der Waals surface area (Å²) in [6, 6.07) is 6.97. The molecule has 9 heteroatoms. The largest absolute Gasteiger partial charge is 0.274 e. The number of thiocarbonyl (C=S) groups is 1. The Bertz CT molecular complexity index is 877. The van der Waals surface area contributed by atoms with Crippen molar-refractivity contribution in [3.63, 3.8) is 0 Å². The van der Waals surface area contributed by atoms with Crippen molar-refractivity contribution in [3.05, 3.63) is 40.3 Å². The smallest absolute Gasteiger partial charge is 0.273 e. The molecule has 1 aromatic heterocycles.